The molecular formula is C25H25FN2O4S. The molecule has 0 saturated heterocycles. The van der Waals surface area contributed by atoms with Gasteiger partial charge in [0.05, 0.1) is 25.1 Å². The highest BCUT2D eigenvalue weighted by molar-refractivity contribution is 7.88. The second-order valence-corrected chi connectivity index (χ2v) is 9.76. The smallest absolute Gasteiger partial charge is 0.218 e. The van der Waals surface area contributed by atoms with E-state index in [1.807, 2.05) is 30.3 Å². The molecule has 3 aromatic carbocycles. The Morgan fingerprint density at radius 1 is 1.03 bits per heavy atom. The Hall–Kier alpha value is -3.23. The lowest BCUT2D eigenvalue weighted by Gasteiger charge is -2.24. The average molecular weight is 469 g/mol. The van der Waals surface area contributed by atoms with E-state index in [2.05, 4.69) is 5.16 Å². The molecule has 0 aromatic heterocycles. The van der Waals surface area contributed by atoms with Gasteiger partial charge in [0.15, 0.2) is 0 Å². The van der Waals surface area contributed by atoms with E-state index >= 15 is 0 Å². The van der Waals surface area contributed by atoms with Crippen LogP contribution in [-0.4, -0.2) is 38.2 Å². The van der Waals surface area contributed by atoms with Gasteiger partial charge >= 0.3 is 0 Å². The maximum absolute atomic E-state index is 14.4. The third kappa shape index (κ3) is 5.58. The third-order valence-corrected chi connectivity index (χ3v) is 7.21. The predicted molar refractivity (Wildman–Crippen MR) is 125 cm³/mol. The summed E-state index contributed by atoms with van der Waals surface area (Å²) in [5, 5.41) is 4.18. The van der Waals surface area contributed by atoms with Crippen molar-refractivity contribution in [1.29, 1.82) is 0 Å². The second-order valence-electron chi connectivity index (χ2n) is 7.80. The van der Waals surface area contributed by atoms with Gasteiger partial charge in [-0.15, -0.1) is 0 Å². The first-order valence-electron chi connectivity index (χ1n) is 10.6. The first-order chi connectivity index (χ1) is 16.0. The molecular weight excluding hydrogens is 443 g/mol. The minimum absolute atomic E-state index is 0.0473. The van der Waals surface area contributed by atoms with E-state index in [1.54, 1.807) is 49.6 Å². The number of nitrogens with zero attached hydrogens (tertiary/aromatic N) is 2. The Kier molecular flexibility index (Phi) is 7.05. The summed E-state index contributed by atoms with van der Waals surface area (Å²) in [6.45, 7) is -0.0443. The minimum Gasteiger partial charge on any atom is -0.496 e. The van der Waals surface area contributed by atoms with Gasteiger partial charge in [0.25, 0.3) is 0 Å². The summed E-state index contributed by atoms with van der Waals surface area (Å²) in [6.07, 6.45) is -0.0862. The molecule has 8 heteroatoms. The molecule has 0 bridgehead atoms. The molecule has 0 spiro atoms. The van der Waals surface area contributed by atoms with Gasteiger partial charge in [0, 0.05) is 24.1 Å². The highest BCUT2D eigenvalue weighted by Gasteiger charge is 2.31. The Bertz CT molecular complexity index is 1230. The summed E-state index contributed by atoms with van der Waals surface area (Å²) < 4.78 is 47.7. The molecule has 172 valence electrons. The molecule has 1 unspecified atom stereocenters. The van der Waals surface area contributed by atoms with Gasteiger partial charge in [0.2, 0.25) is 10.0 Å². The lowest BCUT2D eigenvalue weighted by atomic mass is 10.0. The topological polar surface area (TPSA) is 68.2 Å². The number of hydrogen-bond donors (Lipinski definition) is 0. The van der Waals surface area contributed by atoms with Gasteiger partial charge in [-0.05, 0) is 23.8 Å². The Labute approximate surface area is 193 Å². The van der Waals surface area contributed by atoms with E-state index in [0.717, 1.165) is 5.56 Å². The van der Waals surface area contributed by atoms with E-state index in [-0.39, 0.29) is 18.8 Å². The van der Waals surface area contributed by atoms with Gasteiger partial charge in [0.1, 0.15) is 17.7 Å². The maximum atomic E-state index is 14.4. The van der Waals surface area contributed by atoms with E-state index < -0.39 is 21.9 Å². The quantitative estimate of drug-likeness (QED) is 0.468. The van der Waals surface area contributed by atoms with Crippen LogP contribution in [0.4, 0.5) is 4.39 Å². The molecule has 1 heterocycles. The van der Waals surface area contributed by atoms with Crippen molar-refractivity contribution in [3.05, 3.63) is 101 Å². The van der Waals surface area contributed by atoms with Crippen molar-refractivity contribution >= 4 is 15.7 Å². The highest BCUT2D eigenvalue weighted by atomic mass is 32.2. The predicted octanol–water partition coefficient (Wildman–Crippen LogP) is 4.36. The van der Waals surface area contributed by atoms with Crippen LogP contribution in [0.25, 0.3) is 0 Å². The number of sulfonamides is 1. The zero-order chi connectivity index (χ0) is 23.3. The molecule has 0 amide bonds. The molecule has 1 atom stereocenters. The number of methoxy groups -OCH3 is 1. The van der Waals surface area contributed by atoms with Gasteiger partial charge in [-0.2, -0.15) is 4.31 Å². The SMILES string of the molecule is COc1ccccc1C1=NOC(CN(Cc2ccccc2F)S(=O)(=O)Cc2ccccc2)C1. The van der Waals surface area contributed by atoms with Crippen LogP contribution < -0.4 is 4.74 Å². The Morgan fingerprint density at radius 2 is 1.73 bits per heavy atom. The number of halogens is 1. The number of hydrogen-bond acceptors (Lipinski definition) is 5. The Balaban J connectivity index is 1.55. The van der Waals surface area contributed by atoms with E-state index in [4.69, 9.17) is 9.57 Å². The van der Waals surface area contributed by atoms with Crippen LogP contribution in [0.15, 0.2) is 84.0 Å². The van der Waals surface area contributed by atoms with E-state index in [9.17, 15) is 12.8 Å². The summed E-state index contributed by atoms with van der Waals surface area (Å²) in [5.74, 6) is 0.0334. The van der Waals surface area contributed by atoms with Crippen molar-refractivity contribution in [2.45, 2.75) is 24.8 Å². The molecule has 3 aromatic rings. The van der Waals surface area contributed by atoms with Crippen LogP contribution in [0, 0.1) is 5.82 Å². The molecule has 0 N–H and O–H groups in total. The lowest BCUT2D eigenvalue weighted by Crippen LogP contribution is -2.38. The molecule has 0 radical (unpaired) electrons. The molecule has 0 aliphatic carbocycles. The first-order valence-corrected chi connectivity index (χ1v) is 12.2. The normalized spacial score (nSPS) is 15.8. The van der Waals surface area contributed by atoms with Crippen LogP contribution in [0.3, 0.4) is 0 Å². The van der Waals surface area contributed by atoms with Crippen LogP contribution in [0.5, 0.6) is 5.75 Å². The van der Waals surface area contributed by atoms with Crippen molar-refractivity contribution in [1.82, 2.24) is 4.31 Å². The molecule has 1 aliphatic heterocycles. The summed E-state index contributed by atoms with van der Waals surface area (Å²) in [4.78, 5) is 5.60. The molecule has 4 rings (SSSR count). The first kappa shape index (κ1) is 22.9. The molecule has 33 heavy (non-hydrogen) atoms. The molecule has 0 saturated carbocycles. The Morgan fingerprint density at radius 3 is 2.48 bits per heavy atom. The van der Waals surface area contributed by atoms with Gasteiger partial charge < -0.3 is 9.57 Å². The fourth-order valence-electron chi connectivity index (χ4n) is 3.76. The summed E-state index contributed by atoms with van der Waals surface area (Å²) >= 11 is 0. The van der Waals surface area contributed by atoms with Gasteiger partial charge in [-0.25, -0.2) is 12.8 Å². The van der Waals surface area contributed by atoms with E-state index in [1.165, 1.54) is 10.4 Å². The fourth-order valence-corrected chi connectivity index (χ4v) is 5.29. The number of benzene rings is 3. The number of rotatable bonds is 9. The van der Waals surface area contributed by atoms with Gasteiger partial charge in [-0.1, -0.05) is 65.8 Å². The standard InChI is InChI=1S/C25H25FN2O4S/c1-31-25-14-8-6-12-22(25)24-15-21(32-27-24)17-28(16-20-11-5-7-13-23(20)26)33(29,30)18-19-9-3-2-4-10-19/h2-14,21H,15-18H2,1H3. The van der Waals surface area contributed by atoms with E-state index in [0.29, 0.717) is 29.0 Å². The van der Waals surface area contributed by atoms with Crippen molar-refractivity contribution < 1.29 is 22.4 Å². The van der Waals surface area contributed by atoms with Crippen molar-refractivity contribution in [2.75, 3.05) is 13.7 Å². The average Bonchev–Trinajstić information content (AvgIpc) is 3.29. The fraction of sp³-hybridized carbons (Fsp3) is 0.240. The van der Waals surface area contributed by atoms with Gasteiger partial charge in [-0.3, -0.25) is 0 Å². The largest absolute Gasteiger partial charge is 0.496 e. The second kappa shape index (κ2) is 10.1. The van der Waals surface area contributed by atoms with Crippen LogP contribution in [-0.2, 0) is 27.2 Å². The molecule has 1 aliphatic rings. The number of para-hydroxylation sites is 1. The molecule has 6 nitrogen and oxygen atoms in total. The summed E-state index contributed by atoms with van der Waals surface area (Å²) in [5.41, 5.74) is 2.45. The number of oxime groups is 1. The van der Waals surface area contributed by atoms with Crippen molar-refractivity contribution in [3.8, 4) is 5.75 Å². The zero-order valence-corrected chi connectivity index (χ0v) is 19.0. The molecule has 0 fully saturated rings. The third-order valence-electron chi connectivity index (χ3n) is 5.45. The highest BCUT2D eigenvalue weighted by Crippen LogP contribution is 2.26. The minimum atomic E-state index is -3.76. The number of ether oxygens (including phenoxy) is 1. The summed E-state index contributed by atoms with van der Waals surface area (Å²) in [6, 6.07) is 22.6. The van der Waals surface area contributed by atoms with Crippen LogP contribution in [0.1, 0.15) is 23.1 Å². The van der Waals surface area contributed by atoms with Crippen molar-refractivity contribution in [3.63, 3.8) is 0 Å². The van der Waals surface area contributed by atoms with Crippen LogP contribution >= 0.6 is 0 Å². The lowest BCUT2D eigenvalue weighted by molar-refractivity contribution is 0.0692. The van der Waals surface area contributed by atoms with Crippen LogP contribution in [0.2, 0.25) is 0 Å². The monoisotopic (exact) mass is 468 g/mol. The zero-order valence-electron chi connectivity index (χ0n) is 18.2. The van der Waals surface area contributed by atoms with Crippen molar-refractivity contribution in [2.24, 2.45) is 5.16 Å². The summed E-state index contributed by atoms with van der Waals surface area (Å²) in [7, 11) is -2.18. The maximum Gasteiger partial charge on any atom is 0.218 e.